The topological polar surface area (TPSA) is 69.0 Å². The highest BCUT2D eigenvalue weighted by atomic mass is 16.1. The number of hydrogen-bond donors (Lipinski definition) is 1. The van der Waals surface area contributed by atoms with Crippen LogP contribution in [0, 0.1) is 11.3 Å². The third-order valence-corrected chi connectivity index (χ3v) is 3.63. The molecule has 0 saturated heterocycles. The van der Waals surface area contributed by atoms with Crippen molar-refractivity contribution >= 4 is 11.6 Å². The third-order valence-electron chi connectivity index (χ3n) is 3.63. The Morgan fingerprint density at radius 2 is 2.04 bits per heavy atom. The summed E-state index contributed by atoms with van der Waals surface area (Å²) in [5.74, 6) is -0.182. The number of aromatic nitrogens is 1. The third kappa shape index (κ3) is 4.63. The molecular weight excluding hydrogens is 288 g/mol. The van der Waals surface area contributed by atoms with E-state index in [0.29, 0.717) is 16.9 Å². The molecule has 1 heterocycles. The summed E-state index contributed by atoms with van der Waals surface area (Å²) in [5.41, 5.74) is 2.62. The first-order chi connectivity index (χ1) is 11.2. The van der Waals surface area contributed by atoms with Gasteiger partial charge in [0.1, 0.15) is 11.8 Å². The first kappa shape index (κ1) is 16.7. The number of amides is 1. The number of nitriles is 1. The summed E-state index contributed by atoms with van der Waals surface area (Å²) >= 11 is 0. The van der Waals surface area contributed by atoms with Crippen LogP contribution in [0.2, 0.25) is 0 Å². The maximum Gasteiger partial charge on any atom is 0.255 e. The lowest BCUT2D eigenvalue weighted by atomic mass is 10.1. The van der Waals surface area contributed by atoms with E-state index >= 15 is 0 Å². The quantitative estimate of drug-likeness (QED) is 0.890. The van der Waals surface area contributed by atoms with Crippen LogP contribution in [-0.2, 0) is 6.54 Å². The van der Waals surface area contributed by atoms with Crippen molar-refractivity contribution in [2.45, 2.75) is 20.4 Å². The molecule has 0 radical (unpaired) electrons. The van der Waals surface area contributed by atoms with E-state index < -0.39 is 0 Å². The van der Waals surface area contributed by atoms with Crippen molar-refractivity contribution in [3.05, 3.63) is 59.4 Å². The molecule has 0 bridgehead atoms. The van der Waals surface area contributed by atoms with Crippen LogP contribution in [0.25, 0.3) is 0 Å². The van der Waals surface area contributed by atoms with Crippen molar-refractivity contribution in [3.63, 3.8) is 0 Å². The van der Waals surface area contributed by atoms with E-state index in [1.54, 1.807) is 18.2 Å². The van der Waals surface area contributed by atoms with Crippen molar-refractivity contribution < 1.29 is 4.79 Å². The van der Waals surface area contributed by atoms with Gasteiger partial charge in [-0.05, 0) is 42.9 Å². The van der Waals surface area contributed by atoms with E-state index in [2.05, 4.69) is 29.0 Å². The molecule has 0 atom stereocenters. The summed E-state index contributed by atoms with van der Waals surface area (Å²) in [6.07, 6.45) is 1.48. The molecule has 2 rings (SSSR count). The number of benzene rings is 1. The zero-order valence-corrected chi connectivity index (χ0v) is 13.4. The SMILES string of the molecule is CCN(CC)Cc1cccc(C(=O)Nc2ccc(C#N)nc2)c1. The number of carbonyl (C=O) groups excluding carboxylic acids is 1. The molecule has 0 spiro atoms. The van der Waals surface area contributed by atoms with Crippen molar-refractivity contribution in [2.24, 2.45) is 0 Å². The molecular formula is C18H20N4O. The second-order valence-electron chi connectivity index (χ2n) is 5.16. The number of carbonyl (C=O) groups is 1. The first-order valence-electron chi connectivity index (χ1n) is 7.65. The summed E-state index contributed by atoms with van der Waals surface area (Å²) in [5, 5.41) is 11.5. The van der Waals surface area contributed by atoms with Crippen LogP contribution >= 0.6 is 0 Å². The van der Waals surface area contributed by atoms with Crippen molar-refractivity contribution in [1.82, 2.24) is 9.88 Å². The average Bonchev–Trinajstić information content (AvgIpc) is 2.60. The van der Waals surface area contributed by atoms with Gasteiger partial charge < -0.3 is 5.32 Å². The summed E-state index contributed by atoms with van der Waals surface area (Å²) in [7, 11) is 0. The van der Waals surface area contributed by atoms with Crippen LogP contribution in [0.4, 0.5) is 5.69 Å². The zero-order valence-electron chi connectivity index (χ0n) is 13.4. The molecule has 0 aliphatic rings. The molecule has 0 aliphatic heterocycles. The molecule has 1 amide bonds. The van der Waals surface area contributed by atoms with E-state index in [4.69, 9.17) is 5.26 Å². The average molecular weight is 308 g/mol. The van der Waals surface area contributed by atoms with Crippen LogP contribution in [0.15, 0.2) is 42.6 Å². The largest absolute Gasteiger partial charge is 0.321 e. The van der Waals surface area contributed by atoms with Gasteiger partial charge in [-0.3, -0.25) is 9.69 Å². The molecule has 5 nitrogen and oxygen atoms in total. The maximum absolute atomic E-state index is 12.3. The molecule has 118 valence electrons. The molecule has 0 unspecified atom stereocenters. The van der Waals surface area contributed by atoms with Gasteiger partial charge in [-0.2, -0.15) is 5.26 Å². The lowest BCUT2D eigenvalue weighted by Gasteiger charge is -2.18. The van der Waals surface area contributed by atoms with Gasteiger partial charge in [0.25, 0.3) is 5.91 Å². The fraction of sp³-hybridized carbons (Fsp3) is 0.278. The standard InChI is InChI=1S/C18H20N4O/c1-3-22(4-2)13-14-6-5-7-15(10-14)18(23)21-17-9-8-16(11-19)20-12-17/h5-10,12H,3-4,13H2,1-2H3,(H,21,23). The number of hydrogen-bond acceptors (Lipinski definition) is 4. The monoisotopic (exact) mass is 308 g/mol. The fourth-order valence-corrected chi connectivity index (χ4v) is 2.25. The van der Waals surface area contributed by atoms with Crippen LogP contribution in [0.3, 0.4) is 0 Å². The van der Waals surface area contributed by atoms with E-state index in [9.17, 15) is 4.79 Å². The van der Waals surface area contributed by atoms with E-state index in [1.165, 1.54) is 6.20 Å². The number of nitrogens with one attached hydrogen (secondary N) is 1. The van der Waals surface area contributed by atoms with Gasteiger partial charge >= 0.3 is 0 Å². The van der Waals surface area contributed by atoms with Crippen molar-refractivity contribution in [1.29, 1.82) is 5.26 Å². The number of anilines is 1. The normalized spacial score (nSPS) is 10.3. The minimum absolute atomic E-state index is 0.182. The first-order valence-corrected chi connectivity index (χ1v) is 7.65. The maximum atomic E-state index is 12.3. The summed E-state index contributed by atoms with van der Waals surface area (Å²) in [4.78, 5) is 18.6. The predicted molar refractivity (Wildman–Crippen MR) is 90.0 cm³/mol. The van der Waals surface area contributed by atoms with Gasteiger partial charge in [0.2, 0.25) is 0 Å². The Bertz CT molecular complexity index is 700. The molecule has 5 heteroatoms. The van der Waals surface area contributed by atoms with Gasteiger partial charge in [-0.15, -0.1) is 0 Å². The Morgan fingerprint density at radius 3 is 2.65 bits per heavy atom. The molecule has 2 aromatic rings. The molecule has 1 N–H and O–H groups in total. The minimum Gasteiger partial charge on any atom is -0.321 e. The Kier molecular flexibility index (Phi) is 5.84. The molecule has 1 aromatic heterocycles. The molecule has 0 saturated carbocycles. The van der Waals surface area contributed by atoms with Gasteiger partial charge in [0, 0.05) is 12.1 Å². The van der Waals surface area contributed by atoms with Gasteiger partial charge in [0.05, 0.1) is 11.9 Å². The fourth-order valence-electron chi connectivity index (χ4n) is 2.25. The minimum atomic E-state index is -0.182. The summed E-state index contributed by atoms with van der Waals surface area (Å²) < 4.78 is 0. The Balaban J connectivity index is 2.08. The Hall–Kier alpha value is -2.71. The van der Waals surface area contributed by atoms with Crippen LogP contribution in [-0.4, -0.2) is 28.9 Å². The van der Waals surface area contributed by atoms with Crippen molar-refractivity contribution in [3.8, 4) is 6.07 Å². The van der Waals surface area contributed by atoms with Crippen LogP contribution < -0.4 is 5.32 Å². The Labute approximate surface area is 136 Å². The second kappa shape index (κ2) is 8.06. The lowest BCUT2D eigenvalue weighted by Crippen LogP contribution is -2.22. The molecule has 0 fully saturated rings. The summed E-state index contributed by atoms with van der Waals surface area (Å²) in [6.45, 7) is 7.02. The van der Waals surface area contributed by atoms with Crippen LogP contribution in [0.5, 0.6) is 0 Å². The second-order valence-corrected chi connectivity index (χ2v) is 5.16. The molecule has 23 heavy (non-hydrogen) atoms. The van der Waals surface area contributed by atoms with Gasteiger partial charge in [0.15, 0.2) is 0 Å². The lowest BCUT2D eigenvalue weighted by molar-refractivity contribution is 0.102. The smallest absolute Gasteiger partial charge is 0.255 e. The molecule has 1 aromatic carbocycles. The number of pyridine rings is 1. The predicted octanol–water partition coefficient (Wildman–Crippen LogP) is 3.05. The van der Waals surface area contributed by atoms with E-state index in [0.717, 1.165) is 25.2 Å². The number of rotatable bonds is 6. The Morgan fingerprint density at radius 1 is 1.26 bits per heavy atom. The number of nitrogens with zero attached hydrogens (tertiary/aromatic N) is 3. The molecule has 0 aliphatic carbocycles. The highest BCUT2D eigenvalue weighted by Crippen LogP contribution is 2.12. The van der Waals surface area contributed by atoms with Gasteiger partial charge in [-0.25, -0.2) is 4.98 Å². The van der Waals surface area contributed by atoms with E-state index in [1.807, 2.05) is 24.3 Å². The zero-order chi connectivity index (χ0) is 16.7. The highest BCUT2D eigenvalue weighted by Gasteiger charge is 2.08. The van der Waals surface area contributed by atoms with E-state index in [-0.39, 0.29) is 5.91 Å². The highest BCUT2D eigenvalue weighted by molar-refractivity contribution is 6.04. The van der Waals surface area contributed by atoms with Crippen molar-refractivity contribution in [2.75, 3.05) is 18.4 Å². The summed E-state index contributed by atoms with van der Waals surface area (Å²) in [6, 6.07) is 12.8. The van der Waals surface area contributed by atoms with Crippen LogP contribution in [0.1, 0.15) is 35.5 Å². The van der Waals surface area contributed by atoms with Gasteiger partial charge in [-0.1, -0.05) is 26.0 Å².